The Morgan fingerprint density at radius 2 is 2.19 bits per heavy atom. The number of hydrogen-bond acceptors (Lipinski definition) is 4. The zero-order chi connectivity index (χ0) is 15.0. The molecule has 21 heavy (non-hydrogen) atoms. The summed E-state index contributed by atoms with van der Waals surface area (Å²) in [6, 6.07) is 7.60. The second kappa shape index (κ2) is 5.24. The molecule has 110 valence electrons. The molecular weight excluding hydrogens is 264 g/mol. The third-order valence-corrected chi connectivity index (χ3v) is 3.93. The average molecular weight is 284 g/mol. The van der Waals surface area contributed by atoms with E-state index in [0.717, 1.165) is 35.9 Å². The molecule has 1 aromatic heterocycles. The molecule has 0 radical (unpaired) electrons. The molecular formula is C16H20N4O. The molecule has 5 heteroatoms. The predicted octanol–water partition coefficient (Wildman–Crippen LogP) is 2.04. The van der Waals surface area contributed by atoms with Crippen molar-refractivity contribution in [1.29, 1.82) is 0 Å². The SMILES string of the molecule is CC(C)c1nc(N2CCc3cccc(N)c3C2)cc(=O)[nH]1. The summed E-state index contributed by atoms with van der Waals surface area (Å²) in [5.41, 5.74) is 9.23. The second-order valence-electron chi connectivity index (χ2n) is 5.80. The number of anilines is 2. The number of fused-ring (bicyclic) bond motifs is 1. The minimum absolute atomic E-state index is 0.101. The van der Waals surface area contributed by atoms with Crippen molar-refractivity contribution in [2.45, 2.75) is 32.7 Å². The third kappa shape index (κ3) is 2.63. The summed E-state index contributed by atoms with van der Waals surface area (Å²) in [6.07, 6.45) is 0.922. The normalized spacial score (nSPS) is 14.3. The first-order valence-electron chi connectivity index (χ1n) is 7.27. The van der Waals surface area contributed by atoms with E-state index in [0.29, 0.717) is 6.54 Å². The summed E-state index contributed by atoms with van der Waals surface area (Å²) in [6.45, 7) is 5.59. The van der Waals surface area contributed by atoms with E-state index in [-0.39, 0.29) is 11.5 Å². The number of benzene rings is 1. The van der Waals surface area contributed by atoms with E-state index >= 15 is 0 Å². The topological polar surface area (TPSA) is 75.0 Å². The number of H-pyrrole nitrogens is 1. The molecule has 1 aromatic carbocycles. The molecule has 1 aliphatic heterocycles. The highest BCUT2D eigenvalue weighted by Gasteiger charge is 2.20. The quantitative estimate of drug-likeness (QED) is 0.828. The Balaban J connectivity index is 1.96. The van der Waals surface area contributed by atoms with E-state index in [2.05, 4.69) is 20.9 Å². The number of hydrogen-bond donors (Lipinski definition) is 2. The van der Waals surface area contributed by atoms with Crippen LogP contribution in [0.5, 0.6) is 0 Å². The van der Waals surface area contributed by atoms with Gasteiger partial charge >= 0.3 is 0 Å². The summed E-state index contributed by atoms with van der Waals surface area (Å²) < 4.78 is 0. The van der Waals surface area contributed by atoms with E-state index in [4.69, 9.17) is 5.73 Å². The maximum Gasteiger partial charge on any atom is 0.252 e. The number of aromatic nitrogens is 2. The fraction of sp³-hybridized carbons (Fsp3) is 0.375. The Kier molecular flexibility index (Phi) is 3.41. The number of nitrogens with two attached hydrogens (primary N) is 1. The zero-order valence-electron chi connectivity index (χ0n) is 12.4. The summed E-state index contributed by atoms with van der Waals surface area (Å²) in [5, 5.41) is 0. The van der Waals surface area contributed by atoms with Gasteiger partial charge in [-0.05, 0) is 23.6 Å². The van der Waals surface area contributed by atoms with Gasteiger partial charge in [0.2, 0.25) is 0 Å². The lowest BCUT2D eigenvalue weighted by atomic mass is 9.98. The summed E-state index contributed by atoms with van der Waals surface area (Å²) >= 11 is 0. The molecule has 1 aliphatic rings. The van der Waals surface area contributed by atoms with Gasteiger partial charge in [0, 0.05) is 30.8 Å². The first-order chi connectivity index (χ1) is 10.0. The molecule has 0 bridgehead atoms. The van der Waals surface area contributed by atoms with Crippen LogP contribution in [0.15, 0.2) is 29.1 Å². The Bertz CT molecular complexity index is 720. The third-order valence-electron chi connectivity index (χ3n) is 3.93. The molecule has 0 spiro atoms. The van der Waals surface area contributed by atoms with Gasteiger partial charge in [0.15, 0.2) is 0 Å². The summed E-state index contributed by atoms with van der Waals surface area (Å²) in [4.78, 5) is 21.3. The van der Waals surface area contributed by atoms with Gasteiger partial charge in [-0.3, -0.25) is 4.79 Å². The van der Waals surface area contributed by atoms with Gasteiger partial charge in [0.05, 0.1) is 0 Å². The van der Waals surface area contributed by atoms with Gasteiger partial charge in [-0.25, -0.2) is 4.98 Å². The van der Waals surface area contributed by atoms with Crippen molar-refractivity contribution in [3.05, 3.63) is 51.6 Å². The van der Waals surface area contributed by atoms with Crippen molar-refractivity contribution in [2.75, 3.05) is 17.2 Å². The number of nitrogen functional groups attached to an aromatic ring is 1. The van der Waals surface area contributed by atoms with E-state index in [1.165, 1.54) is 5.56 Å². The van der Waals surface area contributed by atoms with Gasteiger partial charge in [-0.15, -0.1) is 0 Å². The average Bonchev–Trinajstić information content (AvgIpc) is 2.46. The maximum absolute atomic E-state index is 11.8. The number of rotatable bonds is 2. The number of nitrogens with one attached hydrogen (secondary N) is 1. The molecule has 0 amide bonds. The highest BCUT2D eigenvalue weighted by Crippen LogP contribution is 2.26. The van der Waals surface area contributed by atoms with Crippen LogP contribution in [0.3, 0.4) is 0 Å². The fourth-order valence-electron chi connectivity index (χ4n) is 2.70. The Morgan fingerprint density at radius 3 is 2.95 bits per heavy atom. The Morgan fingerprint density at radius 1 is 1.38 bits per heavy atom. The molecule has 0 saturated carbocycles. The monoisotopic (exact) mass is 284 g/mol. The van der Waals surface area contributed by atoms with Crippen LogP contribution >= 0.6 is 0 Å². The largest absolute Gasteiger partial charge is 0.398 e. The highest BCUT2D eigenvalue weighted by atomic mass is 16.1. The van der Waals surface area contributed by atoms with E-state index in [9.17, 15) is 4.79 Å². The molecule has 5 nitrogen and oxygen atoms in total. The van der Waals surface area contributed by atoms with Crippen molar-refractivity contribution in [2.24, 2.45) is 0 Å². The number of aromatic amines is 1. The molecule has 2 aromatic rings. The highest BCUT2D eigenvalue weighted by molar-refractivity contribution is 5.55. The molecule has 0 unspecified atom stereocenters. The van der Waals surface area contributed by atoms with Gasteiger partial charge < -0.3 is 15.6 Å². The van der Waals surface area contributed by atoms with Gasteiger partial charge in [0.25, 0.3) is 5.56 Å². The second-order valence-corrected chi connectivity index (χ2v) is 5.80. The lowest BCUT2D eigenvalue weighted by molar-refractivity contribution is 0.701. The lowest BCUT2D eigenvalue weighted by Gasteiger charge is -2.30. The van der Waals surface area contributed by atoms with Crippen molar-refractivity contribution < 1.29 is 0 Å². The minimum Gasteiger partial charge on any atom is -0.398 e. The Labute approximate surface area is 123 Å². The van der Waals surface area contributed by atoms with Crippen LogP contribution in [0.4, 0.5) is 11.5 Å². The van der Waals surface area contributed by atoms with Crippen LogP contribution < -0.4 is 16.2 Å². The lowest BCUT2D eigenvalue weighted by Crippen LogP contribution is -2.33. The molecule has 2 heterocycles. The van der Waals surface area contributed by atoms with Crippen molar-refractivity contribution in [1.82, 2.24) is 9.97 Å². The molecule has 3 N–H and O–H groups in total. The maximum atomic E-state index is 11.8. The van der Waals surface area contributed by atoms with Crippen molar-refractivity contribution in [3.63, 3.8) is 0 Å². The van der Waals surface area contributed by atoms with E-state index in [1.807, 2.05) is 26.0 Å². The van der Waals surface area contributed by atoms with E-state index in [1.54, 1.807) is 6.07 Å². The molecule has 3 rings (SSSR count). The molecule has 0 fully saturated rings. The fourth-order valence-corrected chi connectivity index (χ4v) is 2.70. The van der Waals surface area contributed by atoms with Gasteiger partial charge in [-0.1, -0.05) is 26.0 Å². The van der Waals surface area contributed by atoms with Gasteiger partial charge in [0.1, 0.15) is 11.6 Å². The standard InChI is InChI=1S/C16H20N4O/c1-10(2)16-18-14(8-15(21)19-16)20-7-6-11-4-3-5-13(17)12(11)9-20/h3-5,8,10H,6-7,9,17H2,1-2H3,(H,18,19,21). The smallest absolute Gasteiger partial charge is 0.252 e. The first kappa shape index (κ1) is 13.7. The van der Waals surface area contributed by atoms with Crippen LogP contribution in [0.2, 0.25) is 0 Å². The summed E-state index contributed by atoms with van der Waals surface area (Å²) in [5.74, 6) is 1.65. The van der Waals surface area contributed by atoms with Crippen molar-refractivity contribution >= 4 is 11.5 Å². The first-order valence-corrected chi connectivity index (χ1v) is 7.27. The minimum atomic E-state index is -0.101. The summed E-state index contributed by atoms with van der Waals surface area (Å²) in [7, 11) is 0. The van der Waals surface area contributed by atoms with Crippen LogP contribution in [-0.4, -0.2) is 16.5 Å². The van der Waals surface area contributed by atoms with E-state index < -0.39 is 0 Å². The molecule has 0 saturated heterocycles. The van der Waals surface area contributed by atoms with Crippen LogP contribution in [0.25, 0.3) is 0 Å². The van der Waals surface area contributed by atoms with Crippen LogP contribution in [0.1, 0.15) is 36.7 Å². The molecule has 0 atom stereocenters. The molecule has 0 aliphatic carbocycles. The zero-order valence-corrected chi connectivity index (χ0v) is 12.4. The van der Waals surface area contributed by atoms with Crippen LogP contribution in [0, 0.1) is 0 Å². The van der Waals surface area contributed by atoms with Crippen LogP contribution in [-0.2, 0) is 13.0 Å². The number of nitrogens with zero attached hydrogens (tertiary/aromatic N) is 2. The van der Waals surface area contributed by atoms with Gasteiger partial charge in [-0.2, -0.15) is 0 Å². The Hall–Kier alpha value is -2.30. The van der Waals surface area contributed by atoms with Crippen molar-refractivity contribution in [3.8, 4) is 0 Å². The predicted molar refractivity (Wildman–Crippen MR) is 84.6 cm³/mol.